The van der Waals surface area contributed by atoms with Crippen molar-refractivity contribution in [1.82, 2.24) is 4.90 Å². The Bertz CT molecular complexity index is 281. The van der Waals surface area contributed by atoms with E-state index in [0.29, 0.717) is 17.9 Å². The SMILES string of the molecule is CC1CC(C)C(N2CCCC3CCCC32)C(O)C1. The molecule has 0 radical (unpaired) electrons. The molecule has 0 amide bonds. The lowest BCUT2D eigenvalue weighted by atomic mass is 9.75. The molecule has 0 bridgehead atoms. The average molecular weight is 251 g/mol. The van der Waals surface area contributed by atoms with Crippen LogP contribution >= 0.6 is 0 Å². The third-order valence-electron chi connectivity index (χ3n) is 5.81. The maximum Gasteiger partial charge on any atom is 0.0700 e. The zero-order chi connectivity index (χ0) is 12.7. The average Bonchev–Trinajstić information content (AvgIpc) is 2.76. The van der Waals surface area contributed by atoms with Crippen molar-refractivity contribution in [3.05, 3.63) is 0 Å². The molecule has 2 aliphatic carbocycles. The molecule has 2 heteroatoms. The lowest BCUT2D eigenvalue weighted by Gasteiger charge is -2.49. The first-order chi connectivity index (χ1) is 8.66. The molecule has 2 nitrogen and oxygen atoms in total. The Labute approximate surface area is 112 Å². The number of hydrogen-bond acceptors (Lipinski definition) is 2. The van der Waals surface area contributed by atoms with E-state index in [2.05, 4.69) is 18.7 Å². The van der Waals surface area contributed by atoms with Gasteiger partial charge in [-0.05, 0) is 62.8 Å². The molecule has 6 unspecified atom stereocenters. The molecular formula is C16H29NO. The Kier molecular flexibility index (Phi) is 3.68. The predicted molar refractivity (Wildman–Crippen MR) is 74.4 cm³/mol. The molecule has 3 rings (SSSR count). The van der Waals surface area contributed by atoms with Gasteiger partial charge < -0.3 is 5.11 Å². The number of likely N-dealkylation sites (tertiary alicyclic amines) is 1. The number of nitrogens with zero attached hydrogens (tertiary/aromatic N) is 1. The molecule has 3 fully saturated rings. The highest BCUT2D eigenvalue weighted by Gasteiger charge is 2.44. The molecule has 3 aliphatic rings. The number of hydrogen-bond donors (Lipinski definition) is 1. The van der Waals surface area contributed by atoms with Gasteiger partial charge in [0.25, 0.3) is 0 Å². The second kappa shape index (κ2) is 5.13. The maximum atomic E-state index is 10.5. The summed E-state index contributed by atoms with van der Waals surface area (Å²) in [7, 11) is 0. The Morgan fingerprint density at radius 2 is 1.78 bits per heavy atom. The van der Waals surface area contributed by atoms with E-state index in [0.717, 1.165) is 18.4 Å². The van der Waals surface area contributed by atoms with Gasteiger partial charge in [-0.1, -0.05) is 20.3 Å². The van der Waals surface area contributed by atoms with Crippen LogP contribution in [0.3, 0.4) is 0 Å². The van der Waals surface area contributed by atoms with Crippen LogP contribution in [0, 0.1) is 17.8 Å². The van der Waals surface area contributed by atoms with E-state index in [9.17, 15) is 5.11 Å². The number of rotatable bonds is 1. The summed E-state index contributed by atoms with van der Waals surface area (Å²) in [5.41, 5.74) is 0. The molecule has 0 aromatic carbocycles. The van der Waals surface area contributed by atoms with Crippen molar-refractivity contribution in [2.75, 3.05) is 6.54 Å². The second-order valence-corrected chi connectivity index (χ2v) is 7.25. The standard InChI is InChI=1S/C16H29NO/c1-11-9-12(2)16(15(18)10-11)17-8-4-6-13-5-3-7-14(13)17/h11-16,18H,3-10H2,1-2H3. The van der Waals surface area contributed by atoms with Crippen LogP contribution in [-0.2, 0) is 0 Å². The van der Waals surface area contributed by atoms with Gasteiger partial charge in [-0.25, -0.2) is 0 Å². The Balaban J connectivity index is 1.75. The molecule has 0 aromatic heterocycles. The minimum absolute atomic E-state index is 0.0805. The van der Waals surface area contributed by atoms with E-state index in [-0.39, 0.29) is 6.10 Å². The van der Waals surface area contributed by atoms with E-state index in [1.165, 1.54) is 45.1 Å². The van der Waals surface area contributed by atoms with E-state index in [1.54, 1.807) is 0 Å². The van der Waals surface area contributed by atoms with Crippen molar-refractivity contribution < 1.29 is 5.11 Å². The number of aliphatic hydroxyl groups excluding tert-OH is 1. The normalized spacial score (nSPS) is 50.2. The van der Waals surface area contributed by atoms with Crippen molar-refractivity contribution in [3.8, 4) is 0 Å². The lowest BCUT2D eigenvalue weighted by Crippen LogP contribution is -2.57. The summed E-state index contributed by atoms with van der Waals surface area (Å²) in [5.74, 6) is 2.32. The smallest absolute Gasteiger partial charge is 0.0700 e. The third kappa shape index (κ3) is 2.22. The van der Waals surface area contributed by atoms with Gasteiger partial charge in [-0.15, -0.1) is 0 Å². The molecule has 1 heterocycles. The molecule has 0 spiro atoms. The van der Waals surface area contributed by atoms with Crippen LogP contribution in [0.1, 0.15) is 58.8 Å². The topological polar surface area (TPSA) is 23.5 Å². The summed E-state index contributed by atoms with van der Waals surface area (Å²) in [6.45, 7) is 5.90. The number of aliphatic hydroxyl groups is 1. The molecule has 104 valence electrons. The summed E-state index contributed by atoms with van der Waals surface area (Å²) < 4.78 is 0. The first kappa shape index (κ1) is 12.9. The predicted octanol–water partition coefficient (Wildman–Crippen LogP) is 3.05. The summed E-state index contributed by atoms with van der Waals surface area (Å²) >= 11 is 0. The molecule has 1 N–H and O–H groups in total. The Hall–Kier alpha value is -0.0800. The van der Waals surface area contributed by atoms with E-state index in [4.69, 9.17) is 0 Å². The molecule has 6 atom stereocenters. The minimum atomic E-state index is -0.0805. The highest BCUT2D eigenvalue weighted by atomic mass is 16.3. The van der Waals surface area contributed by atoms with Gasteiger partial charge in [0.05, 0.1) is 6.10 Å². The van der Waals surface area contributed by atoms with E-state index < -0.39 is 0 Å². The molecule has 18 heavy (non-hydrogen) atoms. The summed E-state index contributed by atoms with van der Waals surface area (Å²) in [5, 5.41) is 10.5. The minimum Gasteiger partial charge on any atom is -0.391 e. The Morgan fingerprint density at radius 1 is 1.00 bits per heavy atom. The van der Waals surface area contributed by atoms with Crippen molar-refractivity contribution in [1.29, 1.82) is 0 Å². The maximum absolute atomic E-state index is 10.5. The van der Waals surface area contributed by atoms with Crippen LogP contribution < -0.4 is 0 Å². The van der Waals surface area contributed by atoms with Crippen LogP contribution in [0.2, 0.25) is 0 Å². The summed E-state index contributed by atoms with van der Waals surface area (Å²) in [6, 6.07) is 1.25. The molecular weight excluding hydrogens is 222 g/mol. The zero-order valence-electron chi connectivity index (χ0n) is 12.0. The fourth-order valence-corrected chi connectivity index (χ4v) is 5.21. The van der Waals surface area contributed by atoms with Crippen LogP contribution in [-0.4, -0.2) is 34.7 Å². The molecule has 1 saturated heterocycles. The van der Waals surface area contributed by atoms with Gasteiger partial charge in [0, 0.05) is 12.1 Å². The summed E-state index contributed by atoms with van der Waals surface area (Å²) in [6.07, 6.45) is 9.27. The monoisotopic (exact) mass is 251 g/mol. The molecule has 0 aromatic rings. The first-order valence-electron chi connectivity index (χ1n) is 8.10. The first-order valence-corrected chi connectivity index (χ1v) is 8.10. The van der Waals surface area contributed by atoms with E-state index >= 15 is 0 Å². The molecule has 2 saturated carbocycles. The van der Waals surface area contributed by atoms with Gasteiger partial charge in [-0.2, -0.15) is 0 Å². The largest absolute Gasteiger partial charge is 0.391 e. The second-order valence-electron chi connectivity index (χ2n) is 7.25. The summed E-state index contributed by atoms with van der Waals surface area (Å²) in [4.78, 5) is 2.72. The van der Waals surface area contributed by atoms with Crippen molar-refractivity contribution >= 4 is 0 Å². The Morgan fingerprint density at radius 3 is 2.56 bits per heavy atom. The van der Waals surface area contributed by atoms with Crippen LogP contribution in [0.15, 0.2) is 0 Å². The van der Waals surface area contributed by atoms with E-state index in [1.807, 2.05) is 0 Å². The van der Waals surface area contributed by atoms with Gasteiger partial charge in [0.15, 0.2) is 0 Å². The van der Waals surface area contributed by atoms with Crippen molar-refractivity contribution in [2.24, 2.45) is 17.8 Å². The van der Waals surface area contributed by atoms with Crippen LogP contribution in [0.25, 0.3) is 0 Å². The van der Waals surface area contributed by atoms with Crippen molar-refractivity contribution in [2.45, 2.75) is 77.0 Å². The van der Waals surface area contributed by atoms with Crippen LogP contribution in [0.4, 0.5) is 0 Å². The van der Waals surface area contributed by atoms with Gasteiger partial charge >= 0.3 is 0 Å². The third-order valence-corrected chi connectivity index (χ3v) is 5.81. The van der Waals surface area contributed by atoms with Gasteiger partial charge in [0.1, 0.15) is 0 Å². The van der Waals surface area contributed by atoms with Crippen LogP contribution in [0.5, 0.6) is 0 Å². The quantitative estimate of drug-likeness (QED) is 0.774. The van der Waals surface area contributed by atoms with Gasteiger partial charge in [-0.3, -0.25) is 4.90 Å². The lowest BCUT2D eigenvalue weighted by molar-refractivity contribution is -0.0599. The highest BCUT2D eigenvalue weighted by molar-refractivity contribution is 4.97. The zero-order valence-corrected chi connectivity index (χ0v) is 12.0. The fourth-order valence-electron chi connectivity index (χ4n) is 5.21. The number of piperidine rings is 1. The van der Waals surface area contributed by atoms with Crippen molar-refractivity contribution in [3.63, 3.8) is 0 Å². The highest BCUT2D eigenvalue weighted by Crippen LogP contribution is 2.42. The molecule has 1 aliphatic heterocycles. The number of fused-ring (bicyclic) bond motifs is 1. The van der Waals surface area contributed by atoms with Gasteiger partial charge in [0.2, 0.25) is 0 Å². The fraction of sp³-hybridized carbons (Fsp3) is 1.00.